The van der Waals surface area contributed by atoms with Gasteiger partial charge in [-0.25, -0.2) is 0 Å². The van der Waals surface area contributed by atoms with Crippen molar-refractivity contribution in [3.63, 3.8) is 0 Å². The van der Waals surface area contributed by atoms with Crippen LogP contribution in [0.1, 0.15) is 11.1 Å². The van der Waals surface area contributed by atoms with Gasteiger partial charge in [0.15, 0.2) is 0 Å². The minimum atomic E-state index is -4.33. The Hall–Kier alpha value is -1.62. The third-order valence-electron chi connectivity index (χ3n) is 2.90. The van der Waals surface area contributed by atoms with Crippen molar-refractivity contribution in [1.82, 2.24) is 0 Å². The Labute approximate surface area is 112 Å². The van der Waals surface area contributed by atoms with Gasteiger partial charge in [-0.3, -0.25) is 0 Å². The van der Waals surface area contributed by atoms with Gasteiger partial charge < -0.3 is 5.32 Å². The summed E-state index contributed by atoms with van der Waals surface area (Å²) in [5.41, 5.74) is 1.52. The summed E-state index contributed by atoms with van der Waals surface area (Å²) in [6, 6.07) is 11.2. The van der Waals surface area contributed by atoms with Gasteiger partial charge in [0, 0.05) is 5.75 Å². The van der Waals surface area contributed by atoms with Crippen LogP contribution in [-0.4, -0.2) is 0 Å². The third-order valence-corrected chi connectivity index (χ3v) is 4.01. The van der Waals surface area contributed by atoms with Gasteiger partial charge >= 0.3 is 6.18 Å². The van der Waals surface area contributed by atoms with Crippen LogP contribution in [0.4, 0.5) is 24.5 Å². The van der Waals surface area contributed by atoms with Crippen molar-refractivity contribution in [3.05, 3.63) is 58.9 Å². The minimum Gasteiger partial charge on any atom is -0.657 e. The average Bonchev–Trinajstić information content (AvgIpc) is 2.55. The molecule has 2 aromatic rings. The predicted molar refractivity (Wildman–Crippen MR) is 70.1 cm³/mol. The summed E-state index contributed by atoms with van der Waals surface area (Å²) in [6.07, 6.45) is -4.33. The molecular formula is C14H9F3NS-. The maximum atomic E-state index is 12.7. The summed E-state index contributed by atoms with van der Waals surface area (Å²) in [5, 5.41) is 4.36. The predicted octanol–water partition coefficient (Wildman–Crippen LogP) is 5.65. The number of halogens is 3. The molecule has 3 rings (SSSR count). The number of thioether (sulfide) groups is 1. The topological polar surface area (TPSA) is 14.1 Å². The van der Waals surface area contributed by atoms with Crippen LogP contribution in [-0.2, 0) is 11.9 Å². The number of alkyl halides is 3. The second-order valence-electron chi connectivity index (χ2n) is 4.21. The lowest BCUT2D eigenvalue weighted by Gasteiger charge is -2.25. The van der Waals surface area contributed by atoms with Crippen molar-refractivity contribution in [2.45, 2.75) is 16.8 Å². The SMILES string of the molecule is FC(F)(F)c1ccc2c(c1)[N-]c1ccccc1CS2. The lowest BCUT2D eigenvalue weighted by Crippen LogP contribution is -2.04. The second kappa shape index (κ2) is 4.49. The first-order valence-electron chi connectivity index (χ1n) is 5.68. The Bertz CT molecular complexity index is 622. The summed E-state index contributed by atoms with van der Waals surface area (Å²) in [5.74, 6) is 0.720. The molecule has 1 nitrogen and oxygen atoms in total. The van der Waals surface area contributed by atoms with Gasteiger partial charge in [-0.05, 0) is 17.0 Å². The zero-order valence-electron chi connectivity index (χ0n) is 9.74. The average molecular weight is 280 g/mol. The highest BCUT2D eigenvalue weighted by Gasteiger charge is 2.30. The number of hydrogen-bond donors (Lipinski definition) is 0. The zero-order valence-corrected chi connectivity index (χ0v) is 10.6. The van der Waals surface area contributed by atoms with E-state index in [4.69, 9.17) is 0 Å². The van der Waals surface area contributed by atoms with E-state index >= 15 is 0 Å². The molecular weight excluding hydrogens is 271 g/mol. The third kappa shape index (κ3) is 2.42. The van der Waals surface area contributed by atoms with E-state index in [1.165, 1.54) is 17.8 Å². The van der Waals surface area contributed by atoms with Crippen LogP contribution in [0.15, 0.2) is 47.4 Å². The van der Waals surface area contributed by atoms with Gasteiger partial charge in [0.05, 0.1) is 5.56 Å². The molecule has 0 bridgehead atoms. The van der Waals surface area contributed by atoms with Gasteiger partial charge in [-0.2, -0.15) is 13.2 Å². The smallest absolute Gasteiger partial charge is 0.416 e. The molecule has 0 unspecified atom stereocenters. The fraction of sp³-hybridized carbons (Fsp3) is 0.143. The van der Waals surface area contributed by atoms with Gasteiger partial charge in [0.1, 0.15) is 0 Å². The van der Waals surface area contributed by atoms with Crippen LogP contribution in [0.3, 0.4) is 0 Å². The van der Waals surface area contributed by atoms with Crippen molar-refractivity contribution in [2.75, 3.05) is 0 Å². The van der Waals surface area contributed by atoms with Gasteiger partial charge in [0.2, 0.25) is 0 Å². The van der Waals surface area contributed by atoms with Crippen LogP contribution in [0.5, 0.6) is 0 Å². The van der Waals surface area contributed by atoms with Crippen molar-refractivity contribution >= 4 is 23.1 Å². The number of hydrogen-bond acceptors (Lipinski definition) is 1. The molecule has 19 heavy (non-hydrogen) atoms. The van der Waals surface area contributed by atoms with Crippen molar-refractivity contribution in [2.24, 2.45) is 0 Å². The molecule has 0 spiro atoms. The zero-order chi connectivity index (χ0) is 13.5. The molecule has 2 aromatic carbocycles. The number of nitrogens with zero attached hydrogens (tertiary/aromatic N) is 1. The number of rotatable bonds is 0. The van der Waals surface area contributed by atoms with Crippen molar-refractivity contribution in [3.8, 4) is 0 Å². The Morgan fingerprint density at radius 3 is 2.58 bits per heavy atom. The summed E-state index contributed by atoms with van der Waals surface area (Å²) in [7, 11) is 0. The normalized spacial score (nSPS) is 14.1. The molecule has 0 fully saturated rings. The van der Waals surface area contributed by atoms with Gasteiger partial charge in [0.25, 0.3) is 0 Å². The highest BCUT2D eigenvalue weighted by Crippen LogP contribution is 2.47. The molecule has 0 saturated carbocycles. The van der Waals surface area contributed by atoms with E-state index in [-0.39, 0.29) is 0 Å². The number of para-hydroxylation sites is 1. The van der Waals surface area contributed by atoms with E-state index in [2.05, 4.69) is 5.32 Å². The Morgan fingerprint density at radius 2 is 1.79 bits per heavy atom. The summed E-state index contributed by atoms with van der Waals surface area (Å²) >= 11 is 1.51. The first-order valence-corrected chi connectivity index (χ1v) is 6.66. The van der Waals surface area contributed by atoms with Gasteiger partial charge in [-0.15, -0.1) is 23.1 Å². The van der Waals surface area contributed by atoms with Crippen LogP contribution in [0.2, 0.25) is 0 Å². The number of benzene rings is 2. The van der Waals surface area contributed by atoms with Crippen LogP contribution >= 0.6 is 11.8 Å². The molecule has 0 aromatic heterocycles. The fourth-order valence-electron chi connectivity index (χ4n) is 1.93. The fourth-order valence-corrected chi connectivity index (χ4v) is 2.90. The maximum absolute atomic E-state index is 12.7. The van der Waals surface area contributed by atoms with E-state index < -0.39 is 11.7 Å². The lowest BCUT2D eigenvalue weighted by atomic mass is 10.1. The van der Waals surface area contributed by atoms with Crippen molar-refractivity contribution in [1.29, 1.82) is 0 Å². The lowest BCUT2D eigenvalue weighted by molar-refractivity contribution is -0.137. The highest BCUT2D eigenvalue weighted by molar-refractivity contribution is 7.98. The molecule has 0 N–H and O–H groups in total. The first kappa shape index (κ1) is 12.4. The number of fused-ring (bicyclic) bond motifs is 2. The largest absolute Gasteiger partial charge is 0.657 e. The molecule has 0 saturated heterocycles. The summed E-state index contributed by atoms with van der Waals surface area (Å²) in [6.45, 7) is 0. The highest BCUT2D eigenvalue weighted by atomic mass is 32.2. The van der Waals surface area contributed by atoms with E-state index in [1.807, 2.05) is 24.3 Å². The quantitative estimate of drug-likeness (QED) is 0.608. The van der Waals surface area contributed by atoms with E-state index in [9.17, 15) is 13.2 Å². The second-order valence-corrected chi connectivity index (χ2v) is 5.23. The molecule has 0 amide bonds. The van der Waals surface area contributed by atoms with Crippen LogP contribution < -0.4 is 0 Å². The van der Waals surface area contributed by atoms with E-state index in [1.54, 1.807) is 0 Å². The summed E-state index contributed by atoms with van der Waals surface area (Å²) < 4.78 is 38.1. The molecule has 0 radical (unpaired) electrons. The molecule has 1 aliphatic rings. The molecule has 0 atom stereocenters. The van der Waals surface area contributed by atoms with Gasteiger partial charge in [-0.1, -0.05) is 35.9 Å². The van der Waals surface area contributed by atoms with Crippen LogP contribution in [0.25, 0.3) is 5.32 Å². The standard InChI is InChI=1S/C14H9F3NS/c15-14(16,17)10-5-6-13-12(7-10)18-11-4-2-1-3-9(11)8-19-13/h1-7H,8H2/q-1. The maximum Gasteiger partial charge on any atom is 0.416 e. The Balaban J connectivity index is 2.05. The monoisotopic (exact) mass is 280 g/mol. The molecule has 98 valence electrons. The first-order chi connectivity index (χ1) is 9.04. The molecule has 5 heteroatoms. The van der Waals surface area contributed by atoms with Crippen LogP contribution in [0, 0.1) is 0 Å². The Kier molecular flexibility index (Phi) is 2.93. The van der Waals surface area contributed by atoms with E-state index in [0.29, 0.717) is 5.69 Å². The van der Waals surface area contributed by atoms with E-state index in [0.717, 1.165) is 34.0 Å². The molecule has 1 heterocycles. The Morgan fingerprint density at radius 1 is 1.00 bits per heavy atom. The summed E-state index contributed by atoms with van der Waals surface area (Å²) in [4.78, 5) is 0.782. The molecule has 1 aliphatic heterocycles. The van der Waals surface area contributed by atoms with Crippen molar-refractivity contribution < 1.29 is 13.2 Å². The molecule has 0 aliphatic carbocycles. The minimum absolute atomic E-state index is 0.393.